The number of amides is 2. The fourth-order valence-electron chi connectivity index (χ4n) is 3.80. The molecule has 3 aromatic carbocycles. The zero-order valence-electron chi connectivity index (χ0n) is 20.4. The number of nitrogens with one attached hydrogen (secondary N) is 2. The van der Waals surface area contributed by atoms with E-state index in [0.717, 1.165) is 16.1 Å². The highest BCUT2D eigenvalue weighted by molar-refractivity contribution is 8.00. The first kappa shape index (κ1) is 25.1. The van der Waals surface area contributed by atoms with E-state index in [-0.39, 0.29) is 23.1 Å². The summed E-state index contributed by atoms with van der Waals surface area (Å²) in [5.41, 5.74) is 3.04. The van der Waals surface area contributed by atoms with Crippen LogP contribution in [-0.4, -0.2) is 26.4 Å². The van der Waals surface area contributed by atoms with Gasteiger partial charge in [0.2, 0.25) is 11.8 Å². The van der Waals surface area contributed by atoms with Gasteiger partial charge in [-0.25, -0.2) is 4.68 Å². The van der Waals surface area contributed by atoms with Crippen molar-refractivity contribution >= 4 is 35.0 Å². The third kappa shape index (κ3) is 5.78. The molecule has 0 radical (unpaired) electrons. The van der Waals surface area contributed by atoms with Crippen molar-refractivity contribution in [3.8, 4) is 5.69 Å². The minimum Gasteiger partial charge on any atom is -0.326 e. The van der Waals surface area contributed by atoms with Crippen LogP contribution in [0.3, 0.4) is 0 Å². The third-order valence-electron chi connectivity index (χ3n) is 5.83. The molecule has 7 nitrogen and oxygen atoms in total. The molecule has 2 N–H and O–H groups in total. The van der Waals surface area contributed by atoms with Gasteiger partial charge in [0.05, 0.1) is 23.1 Å². The second kappa shape index (κ2) is 11.1. The Bertz CT molecular complexity index is 1410. The number of carbonyl (C=O) groups excluding carboxylic acids is 2. The van der Waals surface area contributed by atoms with Gasteiger partial charge < -0.3 is 10.6 Å². The van der Waals surface area contributed by atoms with E-state index in [1.165, 1.54) is 16.4 Å². The SMILES string of the molecule is Cc1c(NC(=O)C(C)Sc2ccc(NC(=O)Cc3ccccc3)cc2)c(=O)n(-c2ccccc2)n1C. The molecule has 1 aromatic heterocycles. The smallest absolute Gasteiger partial charge is 0.295 e. The fraction of sp³-hybridized carbons (Fsp3) is 0.179. The Morgan fingerprint density at radius 1 is 0.889 bits per heavy atom. The molecule has 2 amide bonds. The molecule has 4 rings (SSSR count). The molecule has 0 fully saturated rings. The van der Waals surface area contributed by atoms with Gasteiger partial charge in [0.1, 0.15) is 5.69 Å². The molecule has 0 saturated heterocycles. The number of anilines is 2. The van der Waals surface area contributed by atoms with E-state index in [2.05, 4.69) is 10.6 Å². The van der Waals surface area contributed by atoms with Crippen molar-refractivity contribution in [2.45, 2.75) is 30.4 Å². The molecule has 0 spiro atoms. The van der Waals surface area contributed by atoms with Gasteiger partial charge in [-0.2, -0.15) is 0 Å². The average molecular weight is 501 g/mol. The number of thioether (sulfide) groups is 1. The van der Waals surface area contributed by atoms with Crippen molar-refractivity contribution in [2.24, 2.45) is 7.05 Å². The Morgan fingerprint density at radius 2 is 1.50 bits per heavy atom. The Morgan fingerprint density at radius 3 is 2.14 bits per heavy atom. The van der Waals surface area contributed by atoms with E-state index in [0.29, 0.717) is 17.8 Å². The molecule has 0 bridgehead atoms. The molecule has 184 valence electrons. The second-order valence-electron chi connectivity index (χ2n) is 8.42. The van der Waals surface area contributed by atoms with Crippen LogP contribution in [0, 0.1) is 6.92 Å². The van der Waals surface area contributed by atoms with Crippen LogP contribution in [0.4, 0.5) is 11.4 Å². The lowest BCUT2D eigenvalue weighted by Gasteiger charge is -2.12. The van der Waals surface area contributed by atoms with E-state index < -0.39 is 5.25 Å². The number of hydrogen-bond acceptors (Lipinski definition) is 4. The standard InChI is InChI=1S/C28H28N4O3S/c1-19-26(28(35)32(31(19)3)23-12-8-5-9-13-23)30-27(34)20(2)36-24-16-14-22(15-17-24)29-25(33)18-21-10-6-4-7-11-21/h4-17,20H,18H2,1-3H3,(H,29,33)(H,30,34). The van der Waals surface area contributed by atoms with Crippen LogP contribution < -0.4 is 16.2 Å². The van der Waals surface area contributed by atoms with Gasteiger partial charge in [0, 0.05) is 17.6 Å². The number of carbonyl (C=O) groups is 2. The highest BCUT2D eigenvalue weighted by atomic mass is 32.2. The van der Waals surface area contributed by atoms with Gasteiger partial charge in [-0.3, -0.25) is 19.1 Å². The van der Waals surface area contributed by atoms with E-state index in [4.69, 9.17) is 0 Å². The van der Waals surface area contributed by atoms with Crippen molar-refractivity contribution in [3.63, 3.8) is 0 Å². The third-order valence-corrected chi connectivity index (χ3v) is 6.94. The summed E-state index contributed by atoms with van der Waals surface area (Å²) >= 11 is 1.38. The molecule has 0 saturated carbocycles. The van der Waals surface area contributed by atoms with E-state index in [9.17, 15) is 14.4 Å². The lowest BCUT2D eigenvalue weighted by atomic mass is 10.1. The van der Waals surface area contributed by atoms with E-state index in [1.54, 1.807) is 25.6 Å². The zero-order chi connectivity index (χ0) is 25.7. The van der Waals surface area contributed by atoms with Crippen molar-refractivity contribution in [3.05, 3.63) is 107 Å². The zero-order valence-corrected chi connectivity index (χ0v) is 21.2. The van der Waals surface area contributed by atoms with Crippen LogP contribution in [0.5, 0.6) is 0 Å². The average Bonchev–Trinajstić information content (AvgIpc) is 3.09. The molecular formula is C28H28N4O3S. The normalized spacial score (nSPS) is 11.6. The summed E-state index contributed by atoms with van der Waals surface area (Å²) in [6, 6.07) is 26.2. The van der Waals surface area contributed by atoms with Crippen LogP contribution in [0.2, 0.25) is 0 Å². The molecule has 1 unspecified atom stereocenters. The first-order chi connectivity index (χ1) is 17.3. The number of hydrogen-bond donors (Lipinski definition) is 2. The molecule has 4 aromatic rings. The van der Waals surface area contributed by atoms with E-state index in [1.807, 2.05) is 84.9 Å². The van der Waals surface area contributed by atoms with Crippen molar-refractivity contribution in [1.29, 1.82) is 0 Å². The van der Waals surface area contributed by atoms with Crippen molar-refractivity contribution in [2.75, 3.05) is 10.6 Å². The van der Waals surface area contributed by atoms with Gasteiger partial charge in [-0.15, -0.1) is 11.8 Å². The molecule has 0 aliphatic carbocycles. The van der Waals surface area contributed by atoms with Crippen LogP contribution >= 0.6 is 11.8 Å². The fourth-order valence-corrected chi connectivity index (χ4v) is 4.67. The maximum atomic E-state index is 13.1. The highest BCUT2D eigenvalue weighted by Gasteiger charge is 2.21. The molecule has 36 heavy (non-hydrogen) atoms. The van der Waals surface area contributed by atoms with Gasteiger partial charge in [-0.05, 0) is 55.8 Å². The lowest BCUT2D eigenvalue weighted by Crippen LogP contribution is -2.27. The maximum absolute atomic E-state index is 13.1. The summed E-state index contributed by atoms with van der Waals surface area (Å²) in [4.78, 5) is 39.1. The number of rotatable bonds is 8. The van der Waals surface area contributed by atoms with Gasteiger partial charge in [0.25, 0.3) is 5.56 Å². The molecule has 1 heterocycles. The van der Waals surface area contributed by atoms with Gasteiger partial charge in [0.15, 0.2) is 0 Å². The quantitative estimate of drug-likeness (QED) is 0.341. The molecule has 1 atom stereocenters. The van der Waals surface area contributed by atoms with Crippen LogP contribution in [-0.2, 0) is 23.1 Å². The predicted molar refractivity (Wildman–Crippen MR) is 145 cm³/mol. The van der Waals surface area contributed by atoms with Gasteiger partial charge >= 0.3 is 0 Å². The molecule has 0 aliphatic heterocycles. The van der Waals surface area contributed by atoms with Crippen molar-refractivity contribution in [1.82, 2.24) is 9.36 Å². The topological polar surface area (TPSA) is 85.1 Å². The number of aromatic nitrogens is 2. The van der Waals surface area contributed by atoms with E-state index >= 15 is 0 Å². The molecule has 8 heteroatoms. The molecule has 0 aliphatic rings. The monoisotopic (exact) mass is 500 g/mol. The van der Waals surface area contributed by atoms with Crippen LogP contribution in [0.25, 0.3) is 5.69 Å². The minimum atomic E-state index is -0.437. The number of nitrogens with zero attached hydrogens (tertiary/aromatic N) is 2. The number of benzene rings is 3. The Balaban J connectivity index is 1.37. The predicted octanol–water partition coefficient (Wildman–Crippen LogP) is 4.78. The highest BCUT2D eigenvalue weighted by Crippen LogP contribution is 2.26. The summed E-state index contributed by atoms with van der Waals surface area (Å²) in [5.74, 6) is -0.347. The Kier molecular flexibility index (Phi) is 7.75. The van der Waals surface area contributed by atoms with Gasteiger partial charge in [-0.1, -0.05) is 48.5 Å². The summed E-state index contributed by atoms with van der Waals surface area (Å²) in [7, 11) is 1.79. The maximum Gasteiger partial charge on any atom is 0.295 e. The second-order valence-corrected chi connectivity index (χ2v) is 9.83. The Hall–Kier alpha value is -4.04. The van der Waals surface area contributed by atoms with Crippen LogP contribution in [0.1, 0.15) is 18.2 Å². The minimum absolute atomic E-state index is 0.0891. The summed E-state index contributed by atoms with van der Waals surface area (Å²) in [5, 5.41) is 5.27. The largest absolute Gasteiger partial charge is 0.326 e. The first-order valence-corrected chi connectivity index (χ1v) is 12.5. The van der Waals surface area contributed by atoms with Crippen LogP contribution in [0.15, 0.2) is 94.6 Å². The van der Waals surface area contributed by atoms with Crippen molar-refractivity contribution < 1.29 is 9.59 Å². The summed E-state index contributed by atoms with van der Waals surface area (Å²) in [6.07, 6.45) is 0.305. The summed E-state index contributed by atoms with van der Waals surface area (Å²) in [6.45, 7) is 3.60. The summed E-state index contributed by atoms with van der Waals surface area (Å²) < 4.78 is 3.27. The molecular weight excluding hydrogens is 472 g/mol. The first-order valence-electron chi connectivity index (χ1n) is 11.6. The Labute approximate surface area is 214 Å². The lowest BCUT2D eigenvalue weighted by molar-refractivity contribution is -0.116. The number of para-hydroxylation sites is 1.